The first kappa shape index (κ1) is 21.8. The SMILES string of the molecule is CCOc1ccc(-c2ccc([C@@H]3[C@@H](c4ccccn4)NC(=S)N3CCC(=O)OC)o2)cc1. The molecule has 1 aliphatic heterocycles. The number of hydrogen-bond acceptors (Lipinski definition) is 6. The topological polar surface area (TPSA) is 76.8 Å². The maximum absolute atomic E-state index is 11.8. The smallest absolute Gasteiger partial charge is 0.307 e. The Bertz CT molecular complexity index is 1070. The van der Waals surface area contributed by atoms with E-state index in [1.807, 2.05) is 66.4 Å². The van der Waals surface area contributed by atoms with Gasteiger partial charge in [-0.25, -0.2) is 0 Å². The van der Waals surface area contributed by atoms with Gasteiger partial charge in [0.15, 0.2) is 5.11 Å². The maximum Gasteiger partial charge on any atom is 0.307 e. The molecule has 1 aromatic carbocycles. The highest BCUT2D eigenvalue weighted by Crippen LogP contribution is 2.40. The van der Waals surface area contributed by atoms with Crippen LogP contribution in [0, 0.1) is 0 Å². The van der Waals surface area contributed by atoms with Crippen LogP contribution in [0.4, 0.5) is 0 Å². The van der Waals surface area contributed by atoms with Gasteiger partial charge in [-0.3, -0.25) is 9.78 Å². The minimum atomic E-state index is -0.289. The molecule has 3 aromatic rings. The molecule has 0 unspecified atom stereocenters. The molecular weight excluding hydrogens is 426 g/mol. The number of methoxy groups -OCH3 is 1. The Morgan fingerprint density at radius 1 is 1.19 bits per heavy atom. The first-order valence-electron chi connectivity index (χ1n) is 10.5. The molecule has 1 aliphatic rings. The average molecular weight is 452 g/mol. The standard InChI is InChI=1S/C24H25N3O4S/c1-3-30-17-9-7-16(8-10-17)19-11-12-20(31-19)23-22(18-6-4-5-14-25-18)26-24(32)27(23)15-13-21(28)29-2/h4-12,14,22-23H,3,13,15H2,1-2H3,(H,26,32)/t22-,23-/m1/s1. The van der Waals surface area contributed by atoms with Crippen molar-refractivity contribution in [1.29, 1.82) is 0 Å². The molecule has 1 fully saturated rings. The van der Waals surface area contributed by atoms with Crippen molar-refractivity contribution in [2.75, 3.05) is 20.3 Å². The van der Waals surface area contributed by atoms with Gasteiger partial charge in [0.25, 0.3) is 0 Å². The van der Waals surface area contributed by atoms with Crippen molar-refractivity contribution < 1.29 is 18.7 Å². The zero-order valence-corrected chi connectivity index (χ0v) is 18.8. The van der Waals surface area contributed by atoms with Gasteiger partial charge in [0.05, 0.1) is 31.9 Å². The summed E-state index contributed by atoms with van der Waals surface area (Å²) in [4.78, 5) is 18.3. The lowest BCUT2D eigenvalue weighted by Crippen LogP contribution is -2.31. The van der Waals surface area contributed by atoms with Gasteiger partial charge in [0.2, 0.25) is 0 Å². The van der Waals surface area contributed by atoms with Crippen LogP contribution in [0.5, 0.6) is 5.75 Å². The Morgan fingerprint density at radius 3 is 2.69 bits per heavy atom. The van der Waals surface area contributed by atoms with E-state index in [2.05, 4.69) is 10.3 Å². The second kappa shape index (κ2) is 9.82. The number of nitrogens with zero attached hydrogens (tertiary/aromatic N) is 2. The summed E-state index contributed by atoms with van der Waals surface area (Å²) < 4.78 is 16.6. The van der Waals surface area contributed by atoms with E-state index in [0.29, 0.717) is 18.3 Å². The van der Waals surface area contributed by atoms with Crippen molar-refractivity contribution in [3.63, 3.8) is 0 Å². The van der Waals surface area contributed by atoms with Crippen LogP contribution in [0.1, 0.15) is 36.9 Å². The highest BCUT2D eigenvalue weighted by atomic mass is 32.1. The Hall–Kier alpha value is -3.39. The quantitative estimate of drug-likeness (QED) is 0.402. The number of carbonyl (C=O) groups is 1. The molecular formula is C24H25N3O4S. The lowest BCUT2D eigenvalue weighted by Gasteiger charge is -2.25. The summed E-state index contributed by atoms with van der Waals surface area (Å²) in [5.41, 5.74) is 1.79. The molecule has 4 rings (SSSR count). The molecule has 0 radical (unpaired) electrons. The summed E-state index contributed by atoms with van der Waals surface area (Å²) in [5.74, 6) is 2.01. The summed E-state index contributed by atoms with van der Waals surface area (Å²) in [6, 6.07) is 17.0. The van der Waals surface area contributed by atoms with Gasteiger partial charge in [-0.15, -0.1) is 0 Å². The Labute approximate surface area is 192 Å². The van der Waals surface area contributed by atoms with Crippen molar-refractivity contribution in [2.24, 2.45) is 0 Å². The van der Waals surface area contributed by atoms with Crippen LogP contribution in [-0.4, -0.2) is 41.2 Å². The van der Waals surface area contributed by atoms with E-state index >= 15 is 0 Å². The molecule has 7 nitrogen and oxygen atoms in total. The highest BCUT2D eigenvalue weighted by molar-refractivity contribution is 7.80. The number of aromatic nitrogens is 1. The van der Waals surface area contributed by atoms with Crippen LogP contribution in [0.15, 0.2) is 65.2 Å². The summed E-state index contributed by atoms with van der Waals surface area (Å²) in [7, 11) is 1.38. The third-order valence-electron chi connectivity index (χ3n) is 5.35. The third-order valence-corrected chi connectivity index (χ3v) is 5.70. The number of rotatable bonds is 8. The molecule has 2 aromatic heterocycles. The van der Waals surface area contributed by atoms with Gasteiger partial charge in [-0.05, 0) is 67.7 Å². The van der Waals surface area contributed by atoms with Gasteiger partial charge in [-0.2, -0.15) is 0 Å². The van der Waals surface area contributed by atoms with Crippen LogP contribution in [0.2, 0.25) is 0 Å². The summed E-state index contributed by atoms with van der Waals surface area (Å²) in [5, 5.41) is 3.90. The Kier molecular flexibility index (Phi) is 6.70. The van der Waals surface area contributed by atoms with Crippen LogP contribution in [-0.2, 0) is 9.53 Å². The number of hydrogen-bond donors (Lipinski definition) is 1. The fourth-order valence-electron chi connectivity index (χ4n) is 3.82. The second-order valence-corrected chi connectivity index (χ2v) is 7.69. The Morgan fingerprint density at radius 2 is 2.00 bits per heavy atom. The number of esters is 1. The van der Waals surface area contributed by atoms with E-state index in [-0.39, 0.29) is 24.5 Å². The van der Waals surface area contributed by atoms with Crippen LogP contribution in [0.3, 0.4) is 0 Å². The predicted octanol–water partition coefficient (Wildman–Crippen LogP) is 4.28. The maximum atomic E-state index is 11.8. The lowest BCUT2D eigenvalue weighted by molar-refractivity contribution is -0.140. The molecule has 2 atom stereocenters. The first-order chi connectivity index (χ1) is 15.6. The minimum Gasteiger partial charge on any atom is -0.494 e. The molecule has 0 saturated carbocycles. The monoisotopic (exact) mass is 451 g/mol. The van der Waals surface area contributed by atoms with Crippen molar-refractivity contribution in [3.8, 4) is 17.1 Å². The number of furan rings is 1. The number of pyridine rings is 1. The van der Waals surface area contributed by atoms with E-state index in [1.165, 1.54) is 7.11 Å². The summed E-state index contributed by atoms with van der Waals surface area (Å²) >= 11 is 5.60. The second-order valence-electron chi connectivity index (χ2n) is 7.31. The molecule has 0 bridgehead atoms. The molecule has 0 spiro atoms. The fraction of sp³-hybridized carbons (Fsp3) is 0.292. The van der Waals surface area contributed by atoms with E-state index in [9.17, 15) is 4.79 Å². The minimum absolute atomic E-state index is 0.208. The van der Waals surface area contributed by atoms with Gasteiger partial charge < -0.3 is 24.1 Å². The highest BCUT2D eigenvalue weighted by Gasteiger charge is 2.41. The van der Waals surface area contributed by atoms with Crippen molar-refractivity contribution in [1.82, 2.24) is 15.2 Å². The largest absolute Gasteiger partial charge is 0.494 e. The normalized spacial score (nSPS) is 17.8. The zero-order valence-electron chi connectivity index (χ0n) is 18.0. The molecule has 0 aliphatic carbocycles. The van der Waals surface area contributed by atoms with Gasteiger partial charge in [0, 0.05) is 18.3 Å². The fourth-order valence-corrected chi connectivity index (χ4v) is 4.15. The van der Waals surface area contributed by atoms with Crippen LogP contribution >= 0.6 is 12.2 Å². The first-order valence-corrected chi connectivity index (χ1v) is 10.9. The summed E-state index contributed by atoms with van der Waals surface area (Å²) in [6.07, 6.45) is 1.97. The van der Waals surface area contributed by atoms with E-state index in [0.717, 1.165) is 28.5 Å². The number of ether oxygens (including phenoxy) is 2. The molecule has 1 N–H and O–H groups in total. The number of carbonyl (C=O) groups excluding carboxylic acids is 1. The molecule has 0 amide bonds. The average Bonchev–Trinajstić information content (AvgIpc) is 3.43. The van der Waals surface area contributed by atoms with Gasteiger partial charge in [0.1, 0.15) is 23.3 Å². The van der Waals surface area contributed by atoms with Crippen LogP contribution < -0.4 is 10.1 Å². The zero-order chi connectivity index (χ0) is 22.5. The number of thiocarbonyl (C=S) groups is 1. The van der Waals surface area contributed by atoms with Crippen molar-refractivity contribution in [2.45, 2.75) is 25.4 Å². The molecule has 1 saturated heterocycles. The van der Waals surface area contributed by atoms with Gasteiger partial charge >= 0.3 is 5.97 Å². The lowest BCUT2D eigenvalue weighted by atomic mass is 10.0. The van der Waals surface area contributed by atoms with Crippen LogP contribution in [0.25, 0.3) is 11.3 Å². The van der Waals surface area contributed by atoms with E-state index in [4.69, 9.17) is 26.1 Å². The molecule has 8 heteroatoms. The molecule has 166 valence electrons. The molecule has 32 heavy (non-hydrogen) atoms. The number of benzene rings is 1. The van der Waals surface area contributed by atoms with Gasteiger partial charge in [-0.1, -0.05) is 6.07 Å². The third kappa shape index (κ3) is 4.60. The number of nitrogens with one attached hydrogen (secondary N) is 1. The molecule has 3 heterocycles. The summed E-state index contributed by atoms with van der Waals surface area (Å²) in [6.45, 7) is 2.98. The van der Waals surface area contributed by atoms with Crippen molar-refractivity contribution in [3.05, 3.63) is 72.2 Å². The van der Waals surface area contributed by atoms with E-state index in [1.54, 1.807) is 6.20 Å². The van der Waals surface area contributed by atoms with Crippen molar-refractivity contribution >= 4 is 23.3 Å². The van der Waals surface area contributed by atoms with E-state index < -0.39 is 0 Å². The Balaban J connectivity index is 1.64. The predicted molar refractivity (Wildman–Crippen MR) is 124 cm³/mol.